The van der Waals surface area contributed by atoms with E-state index in [0.717, 1.165) is 53.8 Å². The zero-order valence-electron chi connectivity index (χ0n) is 38.4. The van der Waals surface area contributed by atoms with Crippen molar-refractivity contribution in [2.75, 3.05) is 24.6 Å². The van der Waals surface area contributed by atoms with E-state index >= 15 is 9.59 Å². The number of rotatable bonds is 15. The van der Waals surface area contributed by atoms with E-state index < -0.39 is 77.2 Å². The molecule has 3 aliphatic rings. The van der Waals surface area contributed by atoms with Crippen molar-refractivity contribution in [1.82, 2.24) is 45.6 Å². The van der Waals surface area contributed by atoms with Gasteiger partial charge in [0, 0.05) is 38.2 Å². The number of urea groups is 1. The van der Waals surface area contributed by atoms with Gasteiger partial charge >= 0.3 is 34.9 Å². The number of H-pyrrole nitrogens is 1. The Bertz CT molecular complexity index is 2950. The molecule has 19 nitrogen and oxygen atoms in total. The molecule has 4 aromatic carbocycles. The highest BCUT2D eigenvalue weighted by Crippen LogP contribution is 2.47. The topological polar surface area (TPSA) is 245 Å². The number of benzene rings is 4. The lowest BCUT2D eigenvalue weighted by Crippen LogP contribution is -2.87. The number of nitrogens with zero attached hydrogens (tertiary/aromatic N) is 5. The highest BCUT2D eigenvalue weighted by Gasteiger charge is 2.68. The van der Waals surface area contributed by atoms with Crippen molar-refractivity contribution in [2.24, 2.45) is 7.05 Å². The molecule has 70 heavy (non-hydrogen) atoms. The Hall–Kier alpha value is -7.11. The third-order valence-corrected chi connectivity index (χ3v) is 19.6. The van der Waals surface area contributed by atoms with Gasteiger partial charge in [-0.1, -0.05) is 154 Å². The van der Waals surface area contributed by atoms with E-state index in [0.29, 0.717) is 0 Å². The highest BCUT2D eigenvalue weighted by atomic mass is 32.2. The van der Waals surface area contributed by atoms with Crippen LogP contribution in [0, 0.1) is 0 Å². The molecule has 0 saturated carbocycles. The minimum absolute atomic E-state index is 0.0180. The van der Waals surface area contributed by atoms with Gasteiger partial charge in [-0.05, 0) is 32.1 Å². The van der Waals surface area contributed by atoms with Gasteiger partial charge in [-0.15, -0.1) is 16.9 Å². The first-order valence-electron chi connectivity index (χ1n) is 22.1. The lowest BCUT2D eigenvalue weighted by Gasteiger charge is -2.58. The number of amides is 6. The van der Waals surface area contributed by atoms with Crippen molar-refractivity contribution >= 4 is 77.8 Å². The Labute approximate surface area is 410 Å². The normalized spacial score (nSPS) is 18.8. The van der Waals surface area contributed by atoms with Gasteiger partial charge in [-0.3, -0.25) is 43.1 Å². The molecule has 362 valence electrons. The standard InChI is InChI=1S/C48H49N9O10S2Si/c1-47(2,3)70(33-21-13-7-14-22-33,34-23-15-8-16-24-34)67-53-48(43(65)57-36(42(63)64)32(28-68-44(48)57)29-69-46-52-51-38(59)39(60)54(46)4)50-37(58)35(31-19-11-6-12-20-31)49-45(66)56-26-25-55(40(61)41(56)62)27-30-17-9-5-10-18-30/h5-24,35,44,53H,25-29H2,1-4H3,(H,49,66)(H,50,58)(H,51,59)(H,63,64)/t35?,44-,48-/m0/s1. The van der Waals surface area contributed by atoms with Crippen LogP contribution in [0.1, 0.15) is 37.9 Å². The van der Waals surface area contributed by atoms with Crippen LogP contribution in [-0.2, 0) is 42.1 Å². The highest BCUT2D eigenvalue weighted by molar-refractivity contribution is 8.01. The Morgan fingerprint density at radius 1 is 0.871 bits per heavy atom. The number of carboxylic acid groups (broad SMARTS) is 1. The van der Waals surface area contributed by atoms with Gasteiger partial charge < -0.3 is 25.2 Å². The summed E-state index contributed by atoms with van der Waals surface area (Å²) in [6, 6.07) is 33.5. The van der Waals surface area contributed by atoms with Gasteiger partial charge in [0.2, 0.25) is 11.6 Å². The largest absolute Gasteiger partial charge is 0.477 e. The number of carboxylic acids is 1. The molecule has 0 bridgehead atoms. The number of fused-ring (bicyclic) bond motifs is 1. The molecule has 5 aromatic rings. The third-order valence-electron chi connectivity index (χ3n) is 12.3. The summed E-state index contributed by atoms with van der Waals surface area (Å²) in [6.45, 7) is 6.03. The van der Waals surface area contributed by atoms with E-state index in [9.17, 15) is 33.9 Å². The minimum atomic E-state index is -3.56. The summed E-state index contributed by atoms with van der Waals surface area (Å²) in [4.78, 5) is 112. The summed E-state index contributed by atoms with van der Waals surface area (Å²) >= 11 is 2.12. The van der Waals surface area contributed by atoms with E-state index in [1.807, 2.05) is 112 Å². The van der Waals surface area contributed by atoms with Crippen molar-refractivity contribution < 1.29 is 38.4 Å². The number of nitrogens with one attached hydrogen (secondary N) is 4. The van der Waals surface area contributed by atoms with Crippen molar-refractivity contribution in [3.8, 4) is 0 Å². The van der Waals surface area contributed by atoms with Gasteiger partial charge in [0.15, 0.2) is 5.16 Å². The molecular formula is C48H49N9O10S2Si. The number of β-lactam (4-membered cyclic amide) rings is 1. The Morgan fingerprint density at radius 2 is 1.46 bits per heavy atom. The zero-order chi connectivity index (χ0) is 50.0. The number of hydroxylamine groups is 1. The molecule has 0 spiro atoms. The fourth-order valence-corrected chi connectivity index (χ4v) is 15.5. The quantitative estimate of drug-likeness (QED) is 0.0252. The van der Waals surface area contributed by atoms with Crippen molar-refractivity contribution in [1.29, 1.82) is 0 Å². The maximum atomic E-state index is 15.2. The summed E-state index contributed by atoms with van der Waals surface area (Å²) in [6.07, 6.45) is 0. The number of aromatic nitrogens is 3. The summed E-state index contributed by atoms with van der Waals surface area (Å²) in [5.41, 5.74) is 0.0512. The molecule has 6 amide bonds. The number of carbonyl (C=O) groups excluding carboxylic acids is 5. The lowest BCUT2D eigenvalue weighted by molar-refractivity contribution is -0.170. The van der Waals surface area contributed by atoms with Gasteiger partial charge in [0.1, 0.15) is 17.1 Å². The van der Waals surface area contributed by atoms with Crippen LogP contribution >= 0.6 is 23.5 Å². The first kappa shape index (κ1) is 49.3. The maximum absolute atomic E-state index is 15.2. The molecule has 2 fully saturated rings. The van der Waals surface area contributed by atoms with Crippen molar-refractivity contribution in [3.63, 3.8) is 0 Å². The average Bonchev–Trinajstić information content (AvgIpc) is 3.36. The summed E-state index contributed by atoms with van der Waals surface area (Å²) in [7, 11) is -2.21. The van der Waals surface area contributed by atoms with E-state index in [1.54, 1.807) is 30.3 Å². The number of thioether (sulfide) groups is 2. The van der Waals surface area contributed by atoms with E-state index in [1.165, 1.54) is 11.9 Å². The SMILES string of the molecule is Cn1c(SCC2=C(C(=O)O)N3C(=O)[C@@](NO[Si](c4ccccc4)(c4ccccc4)C(C)(C)C)(NC(=O)C(NC(=O)N4CCN(Cc5ccccc5)C(=O)C4=O)c4ccccc4)[C@@H]3SC2)n[nH]c(=O)c1=O. The molecule has 1 aromatic heterocycles. The molecular weight excluding hydrogens is 955 g/mol. The second kappa shape index (κ2) is 20.1. The molecule has 0 radical (unpaired) electrons. The first-order valence-corrected chi connectivity index (χ1v) is 26.0. The predicted molar refractivity (Wildman–Crippen MR) is 263 cm³/mol. The summed E-state index contributed by atoms with van der Waals surface area (Å²) < 4.78 is 8.12. The zero-order valence-corrected chi connectivity index (χ0v) is 41.0. The van der Waals surface area contributed by atoms with Gasteiger partial charge in [-0.2, -0.15) is 5.48 Å². The number of carbonyl (C=O) groups is 6. The Balaban J connectivity index is 1.15. The maximum Gasteiger partial charge on any atom is 0.352 e. The van der Waals surface area contributed by atoms with E-state index in [-0.39, 0.29) is 53.1 Å². The van der Waals surface area contributed by atoms with Crippen LogP contribution in [0.3, 0.4) is 0 Å². The number of aliphatic carboxylic acids is 1. The second-order valence-corrected chi connectivity index (χ2v) is 23.9. The molecule has 2 saturated heterocycles. The number of hydrogen-bond donors (Lipinski definition) is 5. The van der Waals surface area contributed by atoms with Gasteiger partial charge in [0.05, 0.1) is 0 Å². The van der Waals surface area contributed by atoms with Crippen LogP contribution in [0.25, 0.3) is 0 Å². The molecule has 8 rings (SSSR count). The van der Waals surface area contributed by atoms with Crippen LogP contribution in [0.5, 0.6) is 0 Å². The van der Waals surface area contributed by atoms with E-state index in [4.69, 9.17) is 4.53 Å². The number of imide groups is 1. The summed E-state index contributed by atoms with van der Waals surface area (Å²) in [5, 5.41) is 22.2. The van der Waals surface area contributed by atoms with Crippen molar-refractivity contribution in [3.05, 3.63) is 164 Å². The summed E-state index contributed by atoms with van der Waals surface area (Å²) in [5.74, 6) is -5.30. The molecule has 0 aliphatic carbocycles. The lowest BCUT2D eigenvalue weighted by atomic mass is 9.94. The Kier molecular flexibility index (Phi) is 14.1. The predicted octanol–water partition coefficient (Wildman–Crippen LogP) is 2.03. The molecule has 3 aliphatic heterocycles. The van der Waals surface area contributed by atoms with Crippen LogP contribution in [0.2, 0.25) is 5.04 Å². The van der Waals surface area contributed by atoms with Crippen LogP contribution in [-0.4, -0.2) is 114 Å². The number of piperazine rings is 1. The van der Waals surface area contributed by atoms with Crippen molar-refractivity contribution in [2.45, 2.75) is 54.6 Å². The van der Waals surface area contributed by atoms with Crippen LogP contribution in [0.15, 0.2) is 147 Å². The van der Waals surface area contributed by atoms with Gasteiger partial charge in [-0.25, -0.2) is 14.7 Å². The smallest absolute Gasteiger partial charge is 0.352 e. The molecule has 5 N–H and O–H groups in total. The van der Waals surface area contributed by atoms with E-state index in [2.05, 4.69) is 26.3 Å². The molecule has 4 heterocycles. The minimum Gasteiger partial charge on any atom is -0.477 e. The second-order valence-electron chi connectivity index (χ2n) is 17.7. The Morgan fingerprint density at radius 3 is 2.04 bits per heavy atom. The number of hydrogen-bond acceptors (Lipinski definition) is 13. The molecule has 1 unspecified atom stereocenters. The molecule has 22 heteroatoms. The first-order chi connectivity index (χ1) is 33.5. The van der Waals surface area contributed by atoms with Crippen LogP contribution in [0.4, 0.5) is 4.79 Å². The monoisotopic (exact) mass is 1000 g/mol. The fourth-order valence-electron chi connectivity index (χ4n) is 8.75. The van der Waals surface area contributed by atoms with Gasteiger partial charge in [0.25, 0.3) is 14.2 Å². The number of aromatic amines is 1. The third kappa shape index (κ3) is 9.22. The fraction of sp³-hybridized carbons (Fsp3) is 0.271. The molecule has 3 atom stereocenters. The average molecular weight is 1000 g/mol. The van der Waals surface area contributed by atoms with Crippen LogP contribution < -0.4 is 37.6 Å².